The Kier molecular flexibility index (Phi) is 6.30. The lowest BCUT2D eigenvalue weighted by Crippen LogP contribution is -3.14. The van der Waals surface area contributed by atoms with Crippen LogP contribution in [0, 0.1) is 0 Å². The Balaban J connectivity index is 1.73. The van der Waals surface area contributed by atoms with Crippen molar-refractivity contribution in [2.24, 2.45) is 0 Å². The second kappa shape index (κ2) is 8.66. The zero-order chi connectivity index (χ0) is 16.8. The van der Waals surface area contributed by atoms with Crippen LogP contribution in [0.25, 0.3) is 0 Å². The Hall–Kier alpha value is -1.35. The Morgan fingerprint density at radius 1 is 1.00 bits per heavy atom. The van der Waals surface area contributed by atoms with Crippen LogP contribution in [0.2, 0.25) is 5.02 Å². The fourth-order valence-corrected chi connectivity index (χ4v) is 3.99. The molecule has 0 spiro atoms. The first-order valence-corrected chi connectivity index (χ1v) is 9.63. The lowest BCUT2D eigenvalue weighted by Gasteiger charge is -2.30. The van der Waals surface area contributed by atoms with Gasteiger partial charge in [0.15, 0.2) is 0 Å². The molecule has 0 bridgehead atoms. The number of nitrogens with two attached hydrogens (primary N) is 1. The number of hydrogen-bond acceptors (Lipinski definition) is 0. The second-order valence-corrected chi connectivity index (χ2v) is 7.41. The van der Waals surface area contributed by atoms with E-state index < -0.39 is 0 Å². The maximum absolute atomic E-state index is 6.09. The van der Waals surface area contributed by atoms with Crippen LogP contribution in [0.1, 0.15) is 43.4 Å². The van der Waals surface area contributed by atoms with Crippen molar-refractivity contribution in [1.82, 2.24) is 0 Å². The Morgan fingerprint density at radius 3 is 2.25 bits per heavy atom. The van der Waals surface area contributed by atoms with E-state index in [1.807, 2.05) is 12.1 Å². The normalized spacial score (nSPS) is 22.2. The van der Waals surface area contributed by atoms with E-state index in [2.05, 4.69) is 54.7 Å². The van der Waals surface area contributed by atoms with Gasteiger partial charge in [-0.3, -0.25) is 0 Å². The van der Waals surface area contributed by atoms with Gasteiger partial charge in [0.1, 0.15) is 6.04 Å². The molecule has 1 aliphatic rings. The predicted octanol–water partition coefficient (Wildman–Crippen LogP) is 2.45. The standard InChI is InChI=1S/C21H27ClN2/c1-2-14-24-15-12-20(13-16-24)23-21(17-6-4-3-5-7-17)18-8-10-19(22)11-9-18/h3-11,20-21,23H,2,12-16H2,1H3/p+2/t21-/m0/s1. The minimum Gasteiger partial charge on any atom is -0.335 e. The van der Waals surface area contributed by atoms with Gasteiger partial charge in [0.05, 0.1) is 25.7 Å². The first-order chi connectivity index (χ1) is 11.8. The Bertz CT molecular complexity index is 603. The van der Waals surface area contributed by atoms with Crippen molar-refractivity contribution in [3.8, 4) is 0 Å². The third kappa shape index (κ3) is 4.60. The maximum atomic E-state index is 6.09. The van der Waals surface area contributed by atoms with E-state index in [9.17, 15) is 0 Å². The van der Waals surface area contributed by atoms with Gasteiger partial charge in [0, 0.05) is 29.0 Å². The highest BCUT2D eigenvalue weighted by atomic mass is 35.5. The van der Waals surface area contributed by atoms with E-state index in [0.717, 1.165) is 5.02 Å². The monoisotopic (exact) mass is 344 g/mol. The second-order valence-electron chi connectivity index (χ2n) is 6.97. The van der Waals surface area contributed by atoms with Crippen LogP contribution in [0.3, 0.4) is 0 Å². The number of rotatable bonds is 6. The van der Waals surface area contributed by atoms with E-state index >= 15 is 0 Å². The molecule has 0 saturated carbocycles. The molecule has 0 radical (unpaired) electrons. The smallest absolute Gasteiger partial charge is 0.137 e. The summed E-state index contributed by atoms with van der Waals surface area (Å²) in [5.74, 6) is 0. The number of piperidine rings is 1. The third-order valence-corrected chi connectivity index (χ3v) is 5.45. The molecule has 0 amide bonds. The fourth-order valence-electron chi connectivity index (χ4n) is 3.86. The highest BCUT2D eigenvalue weighted by molar-refractivity contribution is 6.30. The van der Waals surface area contributed by atoms with Crippen LogP contribution < -0.4 is 10.2 Å². The molecule has 1 saturated heterocycles. The summed E-state index contributed by atoms with van der Waals surface area (Å²) in [4.78, 5) is 1.78. The van der Waals surface area contributed by atoms with Crippen LogP contribution in [-0.2, 0) is 0 Å². The summed E-state index contributed by atoms with van der Waals surface area (Å²) in [6, 6.07) is 20.3. The summed E-state index contributed by atoms with van der Waals surface area (Å²) < 4.78 is 0. The van der Waals surface area contributed by atoms with Gasteiger partial charge in [-0.25, -0.2) is 0 Å². The summed E-state index contributed by atoms with van der Waals surface area (Å²) in [5.41, 5.74) is 2.72. The minimum absolute atomic E-state index is 0.362. The van der Waals surface area contributed by atoms with Crippen LogP contribution >= 0.6 is 11.6 Å². The van der Waals surface area contributed by atoms with Crippen molar-refractivity contribution in [3.05, 3.63) is 70.7 Å². The first-order valence-electron chi connectivity index (χ1n) is 9.25. The van der Waals surface area contributed by atoms with Crippen molar-refractivity contribution in [1.29, 1.82) is 0 Å². The first kappa shape index (κ1) is 17.5. The van der Waals surface area contributed by atoms with E-state index in [4.69, 9.17) is 11.6 Å². The zero-order valence-corrected chi connectivity index (χ0v) is 15.3. The van der Waals surface area contributed by atoms with Crippen molar-refractivity contribution >= 4 is 11.6 Å². The summed E-state index contributed by atoms with van der Waals surface area (Å²) >= 11 is 6.09. The van der Waals surface area contributed by atoms with Gasteiger partial charge in [-0.1, -0.05) is 61.0 Å². The quantitative estimate of drug-likeness (QED) is 0.803. The fraction of sp³-hybridized carbons (Fsp3) is 0.429. The highest BCUT2D eigenvalue weighted by Gasteiger charge is 2.28. The predicted molar refractivity (Wildman–Crippen MR) is 101 cm³/mol. The van der Waals surface area contributed by atoms with Crippen LogP contribution in [0.15, 0.2) is 54.6 Å². The molecule has 3 N–H and O–H groups in total. The van der Waals surface area contributed by atoms with Crippen molar-refractivity contribution < 1.29 is 10.2 Å². The Labute approximate surface area is 150 Å². The number of benzene rings is 2. The molecular weight excluding hydrogens is 316 g/mol. The topological polar surface area (TPSA) is 21.1 Å². The molecule has 2 aromatic rings. The summed E-state index contributed by atoms with van der Waals surface area (Å²) in [6.07, 6.45) is 3.92. The zero-order valence-electron chi connectivity index (χ0n) is 14.5. The van der Waals surface area contributed by atoms with E-state index in [-0.39, 0.29) is 0 Å². The maximum Gasteiger partial charge on any atom is 0.137 e. The van der Waals surface area contributed by atoms with Gasteiger partial charge >= 0.3 is 0 Å². The number of nitrogens with one attached hydrogen (secondary N) is 1. The molecule has 1 atom stereocenters. The highest BCUT2D eigenvalue weighted by Crippen LogP contribution is 2.21. The van der Waals surface area contributed by atoms with Gasteiger partial charge in [-0.15, -0.1) is 0 Å². The molecule has 2 aromatic carbocycles. The van der Waals surface area contributed by atoms with Crippen molar-refractivity contribution in [3.63, 3.8) is 0 Å². The van der Waals surface area contributed by atoms with Crippen molar-refractivity contribution in [2.45, 2.75) is 38.3 Å². The molecule has 0 aromatic heterocycles. The average molecular weight is 345 g/mol. The van der Waals surface area contributed by atoms with Crippen LogP contribution in [0.4, 0.5) is 0 Å². The molecular formula is C21H29ClN2+2. The largest absolute Gasteiger partial charge is 0.335 e. The molecule has 24 heavy (non-hydrogen) atoms. The average Bonchev–Trinajstić information content (AvgIpc) is 2.63. The molecule has 128 valence electrons. The van der Waals surface area contributed by atoms with Crippen LogP contribution in [-0.4, -0.2) is 25.7 Å². The summed E-state index contributed by atoms with van der Waals surface area (Å²) in [5, 5.41) is 3.39. The van der Waals surface area contributed by atoms with E-state index in [1.54, 1.807) is 4.90 Å². The molecule has 1 heterocycles. The number of quaternary nitrogens is 2. The van der Waals surface area contributed by atoms with Gasteiger partial charge in [0.25, 0.3) is 0 Å². The number of hydrogen-bond donors (Lipinski definition) is 2. The molecule has 1 aliphatic heterocycles. The van der Waals surface area contributed by atoms with Gasteiger partial charge in [0.2, 0.25) is 0 Å². The lowest BCUT2D eigenvalue weighted by atomic mass is 9.95. The number of likely N-dealkylation sites (tertiary alicyclic amines) is 1. The number of halogens is 1. The molecule has 1 fully saturated rings. The van der Waals surface area contributed by atoms with Crippen molar-refractivity contribution in [2.75, 3.05) is 19.6 Å². The van der Waals surface area contributed by atoms with E-state index in [1.165, 1.54) is 50.0 Å². The molecule has 0 aliphatic carbocycles. The molecule has 0 unspecified atom stereocenters. The van der Waals surface area contributed by atoms with Gasteiger partial charge in [-0.05, 0) is 18.6 Å². The Morgan fingerprint density at radius 2 is 1.62 bits per heavy atom. The third-order valence-electron chi connectivity index (χ3n) is 5.19. The molecule has 3 heteroatoms. The van der Waals surface area contributed by atoms with Gasteiger partial charge in [-0.2, -0.15) is 0 Å². The SMILES string of the molecule is CCC[NH+]1CCC([NH2+][C@@H](c2ccccc2)c2ccc(Cl)cc2)CC1. The molecule has 2 nitrogen and oxygen atoms in total. The minimum atomic E-state index is 0.362. The lowest BCUT2D eigenvalue weighted by molar-refractivity contribution is -0.914. The van der Waals surface area contributed by atoms with E-state index in [0.29, 0.717) is 12.1 Å². The summed E-state index contributed by atoms with van der Waals surface area (Å²) in [7, 11) is 0. The molecule has 3 rings (SSSR count). The van der Waals surface area contributed by atoms with Gasteiger partial charge < -0.3 is 10.2 Å². The summed E-state index contributed by atoms with van der Waals surface area (Å²) in [6.45, 7) is 6.25. The van der Waals surface area contributed by atoms with Crippen LogP contribution in [0.5, 0.6) is 0 Å².